The molecule has 2 N–H and O–H groups in total. The van der Waals surface area contributed by atoms with Crippen molar-refractivity contribution in [1.82, 2.24) is 9.36 Å². The smallest absolute Gasteiger partial charge is 0.233 e. The summed E-state index contributed by atoms with van der Waals surface area (Å²) in [5.41, 5.74) is 6.58. The van der Waals surface area contributed by atoms with Crippen LogP contribution in [-0.2, 0) is 0 Å². The number of hydrogen-bond donors (Lipinski definition) is 1. The summed E-state index contributed by atoms with van der Waals surface area (Å²) in [5, 5.41) is 1.54. The fourth-order valence-corrected chi connectivity index (χ4v) is 2.49. The normalized spacial score (nSPS) is 12.4. The number of anilines is 2. The van der Waals surface area contributed by atoms with Crippen molar-refractivity contribution in [3.8, 4) is 0 Å². The van der Waals surface area contributed by atoms with Crippen molar-refractivity contribution in [3.05, 3.63) is 34.9 Å². The summed E-state index contributed by atoms with van der Waals surface area (Å²) in [6.07, 6.45) is 0. The Hall–Kier alpha value is -1.33. The number of nitrogens with two attached hydrogens (primary N) is 1. The molecular formula is C11H13ClN4S. The van der Waals surface area contributed by atoms with Crippen LogP contribution in [0.1, 0.15) is 18.5 Å². The van der Waals surface area contributed by atoms with E-state index in [0.29, 0.717) is 5.95 Å². The van der Waals surface area contributed by atoms with Crippen LogP contribution in [0.2, 0.25) is 5.02 Å². The molecule has 1 aromatic heterocycles. The summed E-state index contributed by atoms with van der Waals surface area (Å²) in [4.78, 5) is 6.16. The third-order valence-electron chi connectivity index (χ3n) is 2.67. The molecule has 0 aliphatic rings. The van der Waals surface area contributed by atoms with E-state index in [9.17, 15) is 0 Å². The van der Waals surface area contributed by atoms with Gasteiger partial charge in [0.05, 0.1) is 6.04 Å². The van der Waals surface area contributed by atoms with Gasteiger partial charge in [0.1, 0.15) is 0 Å². The van der Waals surface area contributed by atoms with E-state index in [-0.39, 0.29) is 6.04 Å². The molecule has 2 rings (SSSR count). The van der Waals surface area contributed by atoms with Crippen molar-refractivity contribution < 1.29 is 0 Å². The SMILES string of the molecule is CC(c1ccccc1Cl)N(C)c1nc(N)ns1. The van der Waals surface area contributed by atoms with Crippen molar-refractivity contribution in [3.63, 3.8) is 0 Å². The molecule has 4 nitrogen and oxygen atoms in total. The number of rotatable bonds is 3. The standard InChI is InChI=1S/C11H13ClN4S/c1-7(8-5-3-4-6-9(8)12)16(2)11-14-10(13)15-17-11/h3-7H,1-2H3,(H2,13,15). The largest absolute Gasteiger partial charge is 0.367 e. The molecule has 0 radical (unpaired) electrons. The number of nitrogens with zero attached hydrogens (tertiary/aromatic N) is 3. The first-order chi connectivity index (χ1) is 8.09. The van der Waals surface area contributed by atoms with Gasteiger partial charge < -0.3 is 10.6 Å². The van der Waals surface area contributed by atoms with E-state index in [2.05, 4.69) is 16.3 Å². The molecule has 1 unspecified atom stereocenters. The van der Waals surface area contributed by atoms with Gasteiger partial charge in [-0.15, -0.1) is 0 Å². The van der Waals surface area contributed by atoms with Crippen LogP contribution in [-0.4, -0.2) is 16.4 Å². The highest BCUT2D eigenvalue weighted by Crippen LogP contribution is 2.30. The molecule has 0 spiro atoms. The highest BCUT2D eigenvalue weighted by molar-refractivity contribution is 7.09. The van der Waals surface area contributed by atoms with Gasteiger partial charge in [-0.3, -0.25) is 0 Å². The van der Waals surface area contributed by atoms with Gasteiger partial charge in [-0.1, -0.05) is 29.8 Å². The minimum Gasteiger partial charge on any atom is -0.367 e. The van der Waals surface area contributed by atoms with Gasteiger partial charge in [0.25, 0.3) is 0 Å². The minimum absolute atomic E-state index is 0.121. The van der Waals surface area contributed by atoms with E-state index in [1.165, 1.54) is 11.5 Å². The summed E-state index contributed by atoms with van der Waals surface area (Å²) in [5.74, 6) is 0.309. The lowest BCUT2D eigenvalue weighted by atomic mass is 10.1. The molecule has 0 aliphatic carbocycles. The quantitative estimate of drug-likeness (QED) is 0.930. The predicted molar refractivity (Wildman–Crippen MR) is 72.6 cm³/mol. The maximum Gasteiger partial charge on any atom is 0.233 e. The lowest BCUT2D eigenvalue weighted by Crippen LogP contribution is -2.21. The molecule has 1 aromatic carbocycles. The molecule has 6 heteroatoms. The van der Waals surface area contributed by atoms with Crippen LogP contribution in [0.5, 0.6) is 0 Å². The van der Waals surface area contributed by atoms with Crippen LogP contribution in [0.3, 0.4) is 0 Å². The number of aromatic nitrogens is 2. The van der Waals surface area contributed by atoms with Gasteiger partial charge in [-0.2, -0.15) is 9.36 Å². The van der Waals surface area contributed by atoms with Crippen LogP contribution in [0.25, 0.3) is 0 Å². The van der Waals surface area contributed by atoms with Crippen LogP contribution in [0.4, 0.5) is 11.1 Å². The second-order valence-corrected chi connectivity index (χ2v) is 4.88. The first-order valence-corrected chi connectivity index (χ1v) is 6.31. The van der Waals surface area contributed by atoms with Crippen molar-refractivity contribution in [2.75, 3.05) is 17.7 Å². The second-order valence-electron chi connectivity index (χ2n) is 3.74. The zero-order valence-electron chi connectivity index (χ0n) is 9.59. The molecule has 0 saturated carbocycles. The number of nitrogen functional groups attached to an aromatic ring is 1. The topological polar surface area (TPSA) is 55.0 Å². The van der Waals surface area contributed by atoms with Gasteiger partial charge in [-0.25, -0.2) is 0 Å². The Balaban J connectivity index is 2.26. The van der Waals surface area contributed by atoms with E-state index >= 15 is 0 Å². The Kier molecular flexibility index (Phi) is 3.49. The van der Waals surface area contributed by atoms with Gasteiger partial charge >= 0.3 is 0 Å². The Morgan fingerprint density at radius 2 is 2.12 bits per heavy atom. The van der Waals surface area contributed by atoms with Crippen molar-refractivity contribution >= 4 is 34.2 Å². The van der Waals surface area contributed by atoms with E-state index < -0.39 is 0 Å². The van der Waals surface area contributed by atoms with Crippen molar-refractivity contribution in [2.45, 2.75) is 13.0 Å². The summed E-state index contributed by atoms with van der Waals surface area (Å²) in [7, 11) is 1.95. The van der Waals surface area contributed by atoms with Crippen LogP contribution in [0, 0.1) is 0 Å². The van der Waals surface area contributed by atoms with E-state index in [1.807, 2.05) is 36.2 Å². The average Bonchev–Trinajstić information content (AvgIpc) is 2.75. The molecule has 0 amide bonds. The maximum atomic E-state index is 6.17. The van der Waals surface area contributed by atoms with Crippen LogP contribution in [0.15, 0.2) is 24.3 Å². The lowest BCUT2D eigenvalue weighted by molar-refractivity contribution is 0.737. The number of benzene rings is 1. The molecule has 1 heterocycles. The van der Waals surface area contributed by atoms with E-state index in [0.717, 1.165) is 15.7 Å². The fraction of sp³-hybridized carbons (Fsp3) is 0.273. The predicted octanol–water partition coefficient (Wildman–Crippen LogP) is 2.97. The third-order valence-corrected chi connectivity index (χ3v) is 3.83. The van der Waals surface area contributed by atoms with E-state index in [1.54, 1.807) is 0 Å². The first kappa shape index (κ1) is 12.1. The molecule has 17 heavy (non-hydrogen) atoms. The molecule has 0 aliphatic heterocycles. The van der Waals surface area contributed by atoms with Crippen LogP contribution >= 0.6 is 23.1 Å². The zero-order chi connectivity index (χ0) is 12.4. The average molecular weight is 269 g/mol. The molecule has 2 aromatic rings. The summed E-state index contributed by atoms with van der Waals surface area (Å²) in [6, 6.07) is 7.90. The molecular weight excluding hydrogens is 256 g/mol. The van der Waals surface area contributed by atoms with Gasteiger partial charge in [0, 0.05) is 23.6 Å². The lowest BCUT2D eigenvalue weighted by Gasteiger charge is -2.24. The summed E-state index contributed by atoms with van der Waals surface area (Å²) >= 11 is 7.46. The molecule has 1 atom stereocenters. The zero-order valence-corrected chi connectivity index (χ0v) is 11.2. The molecule has 0 fully saturated rings. The second kappa shape index (κ2) is 4.89. The third kappa shape index (κ3) is 2.50. The summed E-state index contributed by atoms with van der Waals surface area (Å²) in [6.45, 7) is 2.07. The minimum atomic E-state index is 0.121. The Morgan fingerprint density at radius 3 is 2.71 bits per heavy atom. The first-order valence-electron chi connectivity index (χ1n) is 5.16. The van der Waals surface area contributed by atoms with Crippen LogP contribution < -0.4 is 10.6 Å². The Bertz CT molecular complexity index is 514. The Morgan fingerprint density at radius 1 is 1.41 bits per heavy atom. The maximum absolute atomic E-state index is 6.17. The van der Waals surface area contributed by atoms with Crippen molar-refractivity contribution in [1.29, 1.82) is 0 Å². The highest BCUT2D eigenvalue weighted by Gasteiger charge is 2.17. The number of hydrogen-bond acceptors (Lipinski definition) is 5. The molecule has 0 bridgehead atoms. The molecule has 90 valence electrons. The fourth-order valence-electron chi connectivity index (χ4n) is 1.56. The Labute approximate surface area is 109 Å². The highest BCUT2D eigenvalue weighted by atomic mass is 35.5. The molecule has 0 saturated heterocycles. The van der Waals surface area contributed by atoms with Crippen molar-refractivity contribution in [2.24, 2.45) is 0 Å². The van der Waals surface area contributed by atoms with Gasteiger partial charge in [0.2, 0.25) is 11.1 Å². The monoisotopic (exact) mass is 268 g/mol. The van der Waals surface area contributed by atoms with Gasteiger partial charge in [0.15, 0.2) is 0 Å². The van der Waals surface area contributed by atoms with Gasteiger partial charge in [-0.05, 0) is 18.6 Å². The summed E-state index contributed by atoms with van der Waals surface area (Å²) < 4.78 is 3.97. The number of halogens is 1. The van der Waals surface area contributed by atoms with E-state index in [4.69, 9.17) is 17.3 Å².